The Balaban J connectivity index is 2.23. The molecule has 0 bridgehead atoms. The number of amides is 1. The molecular weight excluding hydrogens is 370 g/mol. The first-order chi connectivity index (χ1) is 9.41. The fourth-order valence-corrected chi connectivity index (χ4v) is 2.37. The van der Waals surface area contributed by atoms with E-state index in [-0.39, 0.29) is 11.7 Å². The number of rotatable bonds is 3. The van der Waals surface area contributed by atoms with E-state index in [1.54, 1.807) is 19.1 Å². The van der Waals surface area contributed by atoms with Crippen molar-refractivity contribution in [2.24, 2.45) is 5.73 Å². The summed E-state index contributed by atoms with van der Waals surface area (Å²) in [5, 5.41) is 2.74. The summed E-state index contributed by atoms with van der Waals surface area (Å²) in [7, 11) is 0. The van der Waals surface area contributed by atoms with Crippen molar-refractivity contribution in [3.05, 3.63) is 63.5 Å². The van der Waals surface area contributed by atoms with Crippen LogP contribution in [0.3, 0.4) is 0 Å². The number of nitrogens with one attached hydrogen (secondary N) is 1. The van der Waals surface area contributed by atoms with E-state index >= 15 is 0 Å². The highest BCUT2D eigenvalue weighted by Crippen LogP contribution is 2.23. The summed E-state index contributed by atoms with van der Waals surface area (Å²) >= 11 is 1.97. The molecule has 1 atom stereocenters. The highest BCUT2D eigenvalue weighted by Gasteiger charge is 2.30. The largest absolute Gasteiger partial charge is 0.323 e. The third-order valence-electron chi connectivity index (χ3n) is 3.02. The SMILES string of the molecule is CC(N)(C(=O)Nc1ccc(F)cc1I)c1ccccc1. The maximum absolute atomic E-state index is 13.0. The zero-order valence-corrected chi connectivity index (χ0v) is 13.0. The number of hydrogen-bond acceptors (Lipinski definition) is 2. The van der Waals surface area contributed by atoms with E-state index in [1.165, 1.54) is 18.2 Å². The summed E-state index contributed by atoms with van der Waals surface area (Å²) in [6.07, 6.45) is 0. The molecule has 3 nitrogen and oxygen atoms in total. The van der Waals surface area contributed by atoms with Crippen molar-refractivity contribution in [2.45, 2.75) is 12.5 Å². The Labute approximate surface area is 130 Å². The van der Waals surface area contributed by atoms with Gasteiger partial charge in [-0.1, -0.05) is 30.3 Å². The lowest BCUT2D eigenvalue weighted by atomic mass is 9.92. The molecule has 0 aromatic heterocycles. The minimum Gasteiger partial charge on any atom is -0.323 e. The Kier molecular flexibility index (Phi) is 4.39. The quantitative estimate of drug-likeness (QED) is 0.799. The molecule has 0 heterocycles. The van der Waals surface area contributed by atoms with Crippen LogP contribution >= 0.6 is 22.6 Å². The van der Waals surface area contributed by atoms with Crippen LogP contribution in [0.4, 0.5) is 10.1 Å². The highest BCUT2D eigenvalue weighted by atomic mass is 127. The van der Waals surface area contributed by atoms with Gasteiger partial charge in [-0.15, -0.1) is 0 Å². The number of carbonyl (C=O) groups excluding carboxylic acids is 1. The highest BCUT2D eigenvalue weighted by molar-refractivity contribution is 14.1. The van der Waals surface area contributed by atoms with Gasteiger partial charge in [-0.25, -0.2) is 4.39 Å². The molecular formula is C15H14FIN2O. The van der Waals surface area contributed by atoms with Crippen molar-refractivity contribution in [3.63, 3.8) is 0 Å². The molecule has 0 aliphatic heterocycles. The summed E-state index contributed by atoms with van der Waals surface area (Å²) < 4.78 is 13.7. The molecule has 5 heteroatoms. The molecule has 2 rings (SSSR count). The van der Waals surface area contributed by atoms with E-state index in [9.17, 15) is 9.18 Å². The van der Waals surface area contributed by atoms with Gasteiger partial charge in [0.2, 0.25) is 5.91 Å². The molecule has 0 fully saturated rings. The molecule has 0 spiro atoms. The van der Waals surface area contributed by atoms with Crippen LogP contribution in [0, 0.1) is 9.39 Å². The average Bonchev–Trinajstić information content (AvgIpc) is 2.42. The van der Waals surface area contributed by atoms with Crippen LogP contribution in [-0.2, 0) is 10.3 Å². The van der Waals surface area contributed by atoms with E-state index in [0.29, 0.717) is 9.26 Å². The summed E-state index contributed by atoms with van der Waals surface area (Å²) in [6.45, 7) is 1.65. The third kappa shape index (κ3) is 3.16. The first-order valence-corrected chi connectivity index (χ1v) is 7.10. The topological polar surface area (TPSA) is 55.1 Å². The molecule has 0 aliphatic carbocycles. The van der Waals surface area contributed by atoms with Crippen LogP contribution in [0.1, 0.15) is 12.5 Å². The molecule has 20 heavy (non-hydrogen) atoms. The molecule has 2 aromatic carbocycles. The van der Waals surface area contributed by atoms with Gasteiger partial charge in [0.05, 0.1) is 5.69 Å². The number of carbonyl (C=O) groups is 1. The van der Waals surface area contributed by atoms with Crippen molar-refractivity contribution in [1.29, 1.82) is 0 Å². The maximum atomic E-state index is 13.0. The Morgan fingerprint density at radius 3 is 2.50 bits per heavy atom. The van der Waals surface area contributed by atoms with Crippen molar-refractivity contribution in [1.82, 2.24) is 0 Å². The Morgan fingerprint density at radius 1 is 1.25 bits per heavy atom. The minimum absolute atomic E-state index is 0.340. The van der Waals surface area contributed by atoms with Crippen LogP contribution in [0.5, 0.6) is 0 Å². The predicted molar refractivity (Wildman–Crippen MR) is 85.7 cm³/mol. The molecule has 0 radical (unpaired) electrons. The van der Waals surface area contributed by atoms with E-state index in [2.05, 4.69) is 5.32 Å². The van der Waals surface area contributed by atoms with Gasteiger partial charge >= 0.3 is 0 Å². The summed E-state index contributed by atoms with van der Waals surface area (Å²) in [5.74, 6) is -0.681. The minimum atomic E-state index is -1.15. The third-order valence-corrected chi connectivity index (χ3v) is 3.92. The van der Waals surface area contributed by atoms with Crippen molar-refractivity contribution >= 4 is 34.2 Å². The summed E-state index contributed by atoms with van der Waals surface area (Å²) in [5.41, 5.74) is 6.23. The van der Waals surface area contributed by atoms with E-state index < -0.39 is 5.54 Å². The molecule has 0 saturated heterocycles. The lowest BCUT2D eigenvalue weighted by molar-refractivity contribution is -0.120. The van der Waals surface area contributed by atoms with Crippen LogP contribution in [0.15, 0.2) is 48.5 Å². The smallest absolute Gasteiger partial charge is 0.248 e. The van der Waals surface area contributed by atoms with Crippen LogP contribution in [0.2, 0.25) is 0 Å². The second-order valence-electron chi connectivity index (χ2n) is 4.65. The van der Waals surface area contributed by atoms with Gasteiger partial charge in [0.1, 0.15) is 11.4 Å². The van der Waals surface area contributed by atoms with E-state index in [0.717, 1.165) is 5.56 Å². The van der Waals surface area contributed by atoms with Crippen molar-refractivity contribution in [2.75, 3.05) is 5.32 Å². The van der Waals surface area contributed by atoms with Gasteiger partial charge in [0.15, 0.2) is 0 Å². The lowest BCUT2D eigenvalue weighted by Crippen LogP contribution is -2.45. The number of halogens is 2. The standard InChI is InChI=1S/C15H14FIN2O/c1-15(18,10-5-3-2-4-6-10)14(20)19-13-8-7-11(16)9-12(13)17/h2-9H,18H2,1H3,(H,19,20). The molecule has 104 valence electrons. The molecule has 1 amide bonds. The fourth-order valence-electron chi connectivity index (χ4n) is 1.76. The monoisotopic (exact) mass is 384 g/mol. The normalized spacial score (nSPS) is 13.6. The molecule has 0 aliphatic rings. The van der Waals surface area contributed by atoms with Crippen LogP contribution in [0.25, 0.3) is 0 Å². The number of benzene rings is 2. The van der Waals surface area contributed by atoms with Crippen molar-refractivity contribution in [3.8, 4) is 0 Å². The number of nitrogens with two attached hydrogens (primary N) is 1. The summed E-state index contributed by atoms with van der Waals surface area (Å²) in [4.78, 5) is 12.3. The van der Waals surface area contributed by atoms with Crippen molar-refractivity contribution < 1.29 is 9.18 Å². The van der Waals surface area contributed by atoms with Gasteiger partial charge in [-0.3, -0.25) is 4.79 Å². The van der Waals surface area contributed by atoms with Crippen LogP contribution < -0.4 is 11.1 Å². The van der Waals surface area contributed by atoms with Gasteiger partial charge in [-0.2, -0.15) is 0 Å². The maximum Gasteiger partial charge on any atom is 0.248 e. The zero-order chi connectivity index (χ0) is 14.8. The Hall–Kier alpha value is -1.47. The number of anilines is 1. The second kappa shape index (κ2) is 5.88. The zero-order valence-electron chi connectivity index (χ0n) is 10.9. The predicted octanol–water partition coefficient (Wildman–Crippen LogP) is 3.24. The van der Waals surface area contributed by atoms with Gasteiger partial charge in [0, 0.05) is 3.57 Å². The molecule has 2 aromatic rings. The average molecular weight is 384 g/mol. The van der Waals surface area contributed by atoms with Crippen LogP contribution in [-0.4, -0.2) is 5.91 Å². The molecule has 3 N–H and O–H groups in total. The van der Waals surface area contributed by atoms with E-state index in [1.807, 2.05) is 40.8 Å². The molecule has 0 saturated carbocycles. The van der Waals surface area contributed by atoms with Gasteiger partial charge < -0.3 is 11.1 Å². The lowest BCUT2D eigenvalue weighted by Gasteiger charge is -2.24. The van der Waals surface area contributed by atoms with Gasteiger partial charge in [-0.05, 0) is 53.3 Å². The Morgan fingerprint density at radius 2 is 1.90 bits per heavy atom. The Bertz CT molecular complexity index is 629. The first-order valence-electron chi connectivity index (χ1n) is 6.02. The summed E-state index contributed by atoms with van der Waals surface area (Å²) in [6, 6.07) is 13.3. The number of hydrogen-bond donors (Lipinski definition) is 2. The molecule has 1 unspecified atom stereocenters. The first kappa shape index (κ1) is 14.9. The van der Waals surface area contributed by atoms with E-state index in [4.69, 9.17) is 5.73 Å². The fraction of sp³-hybridized carbons (Fsp3) is 0.133. The second-order valence-corrected chi connectivity index (χ2v) is 5.81. The van der Waals surface area contributed by atoms with Gasteiger partial charge in [0.25, 0.3) is 0 Å².